The highest BCUT2D eigenvalue weighted by atomic mass is 35.5. The van der Waals surface area contributed by atoms with Gasteiger partial charge in [-0.2, -0.15) is 0 Å². The van der Waals surface area contributed by atoms with Crippen LogP contribution in [0.4, 0.5) is 5.69 Å². The predicted molar refractivity (Wildman–Crippen MR) is 84.2 cm³/mol. The summed E-state index contributed by atoms with van der Waals surface area (Å²) in [6.45, 7) is 1.58. The van der Waals surface area contributed by atoms with Gasteiger partial charge in [0.25, 0.3) is 11.8 Å². The monoisotopic (exact) mass is 320 g/mol. The van der Waals surface area contributed by atoms with E-state index in [0.717, 1.165) is 19.5 Å². The van der Waals surface area contributed by atoms with E-state index >= 15 is 0 Å². The summed E-state index contributed by atoms with van der Waals surface area (Å²) in [5.41, 5.74) is 1.00. The van der Waals surface area contributed by atoms with Gasteiger partial charge in [-0.3, -0.25) is 9.59 Å². The molecule has 0 bridgehead atoms. The van der Waals surface area contributed by atoms with Gasteiger partial charge in [-0.15, -0.1) is 11.3 Å². The van der Waals surface area contributed by atoms with E-state index in [4.69, 9.17) is 11.6 Å². The summed E-state index contributed by atoms with van der Waals surface area (Å²) in [7, 11) is 0. The summed E-state index contributed by atoms with van der Waals surface area (Å²) in [6, 6.07) is 8.50. The minimum atomic E-state index is -0.222. The van der Waals surface area contributed by atoms with Crippen LogP contribution in [0.3, 0.4) is 0 Å². The predicted octanol–water partition coefficient (Wildman–Crippen LogP) is 3.50. The average molecular weight is 321 g/mol. The lowest BCUT2D eigenvalue weighted by Gasteiger charge is -2.31. The second-order valence-electron chi connectivity index (χ2n) is 4.77. The van der Waals surface area contributed by atoms with Crippen molar-refractivity contribution in [2.75, 3.05) is 18.4 Å². The smallest absolute Gasteiger partial charge is 0.265 e. The number of nitrogens with zero attached hydrogens (tertiary/aromatic N) is 1. The molecule has 0 aliphatic carbocycles. The van der Waals surface area contributed by atoms with E-state index in [1.165, 1.54) is 11.3 Å². The Labute approximate surface area is 131 Å². The molecule has 1 aromatic carbocycles. The second kappa shape index (κ2) is 5.87. The fraction of sp³-hybridized carbons (Fsp3) is 0.200. The minimum Gasteiger partial charge on any atom is -0.339 e. The normalized spacial score (nSPS) is 13.7. The molecule has 0 saturated carbocycles. The summed E-state index contributed by atoms with van der Waals surface area (Å²) in [5, 5.41) is 5.00. The number of thiophene rings is 1. The van der Waals surface area contributed by atoms with Crippen LogP contribution in [0.2, 0.25) is 5.02 Å². The van der Waals surface area contributed by atoms with Crippen LogP contribution >= 0.6 is 22.9 Å². The van der Waals surface area contributed by atoms with Crippen molar-refractivity contribution in [1.82, 2.24) is 4.90 Å². The molecule has 2 amide bonds. The van der Waals surface area contributed by atoms with Crippen molar-refractivity contribution in [3.05, 3.63) is 51.2 Å². The molecule has 1 fully saturated rings. The Bertz CT molecular complexity index is 681. The Morgan fingerprint density at radius 2 is 2.05 bits per heavy atom. The van der Waals surface area contributed by atoms with E-state index in [9.17, 15) is 9.59 Å². The Morgan fingerprint density at radius 3 is 2.67 bits per heavy atom. The first-order valence-electron chi connectivity index (χ1n) is 6.59. The van der Waals surface area contributed by atoms with Crippen molar-refractivity contribution in [2.24, 2.45) is 0 Å². The fourth-order valence-corrected chi connectivity index (χ4v) is 2.83. The lowest BCUT2D eigenvalue weighted by atomic mass is 10.1. The van der Waals surface area contributed by atoms with Gasteiger partial charge in [0.15, 0.2) is 0 Å². The Morgan fingerprint density at radius 1 is 1.24 bits per heavy atom. The molecule has 108 valence electrons. The van der Waals surface area contributed by atoms with Gasteiger partial charge in [0.2, 0.25) is 0 Å². The molecule has 2 aromatic rings. The first kappa shape index (κ1) is 14.1. The van der Waals surface area contributed by atoms with E-state index in [2.05, 4.69) is 5.32 Å². The van der Waals surface area contributed by atoms with E-state index < -0.39 is 0 Å². The number of anilines is 1. The molecule has 1 aliphatic heterocycles. The van der Waals surface area contributed by atoms with Crippen molar-refractivity contribution < 1.29 is 9.59 Å². The van der Waals surface area contributed by atoms with Crippen LogP contribution in [0.5, 0.6) is 0 Å². The number of halogens is 1. The van der Waals surface area contributed by atoms with Crippen molar-refractivity contribution >= 4 is 40.4 Å². The maximum absolute atomic E-state index is 12.2. The number of benzene rings is 1. The molecule has 0 unspecified atom stereocenters. The standard InChI is InChI=1S/C15H13ClN2O2S/c16-11-5-4-10(15(20)18-6-2-7-18)9-12(11)17-14(19)13-3-1-8-21-13/h1,3-5,8-9H,2,6-7H2,(H,17,19). The summed E-state index contributed by atoms with van der Waals surface area (Å²) in [5.74, 6) is -0.245. The summed E-state index contributed by atoms with van der Waals surface area (Å²) in [4.78, 5) is 26.6. The molecule has 0 atom stereocenters. The number of nitrogens with one attached hydrogen (secondary N) is 1. The number of carbonyl (C=O) groups excluding carboxylic acids is 2. The molecule has 2 heterocycles. The third-order valence-corrected chi connectivity index (χ3v) is 4.55. The first-order valence-corrected chi connectivity index (χ1v) is 7.84. The molecule has 1 saturated heterocycles. The zero-order valence-corrected chi connectivity index (χ0v) is 12.7. The SMILES string of the molecule is O=C(Nc1cc(C(=O)N2CCC2)ccc1Cl)c1cccs1. The summed E-state index contributed by atoms with van der Waals surface area (Å²) < 4.78 is 0. The van der Waals surface area contributed by atoms with Gasteiger partial charge in [0, 0.05) is 18.7 Å². The van der Waals surface area contributed by atoms with Crippen molar-refractivity contribution in [3.63, 3.8) is 0 Å². The molecule has 1 N–H and O–H groups in total. The van der Waals surface area contributed by atoms with Crippen molar-refractivity contribution in [1.29, 1.82) is 0 Å². The average Bonchev–Trinajstić information content (AvgIpc) is 2.93. The number of likely N-dealkylation sites (tertiary alicyclic amines) is 1. The Hall–Kier alpha value is -1.85. The third kappa shape index (κ3) is 2.94. The van der Waals surface area contributed by atoms with Gasteiger partial charge in [-0.25, -0.2) is 0 Å². The molecular formula is C15H13ClN2O2S. The van der Waals surface area contributed by atoms with Gasteiger partial charge in [-0.1, -0.05) is 17.7 Å². The fourth-order valence-electron chi connectivity index (χ4n) is 2.05. The van der Waals surface area contributed by atoms with Crippen LogP contribution in [0, 0.1) is 0 Å². The topological polar surface area (TPSA) is 49.4 Å². The summed E-state index contributed by atoms with van der Waals surface area (Å²) in [6.07, 6.45) is 1.04. The zero-order chi connectivity index (χ0) is 14.8. The molecule has 0 spiro atoms. The van der Waals surface area contributed by atoms with Crippen molar-refractivity contribution in [2.45, 2.75) is 6.42 Å². The Balaban J connectivity index is 1.81. The molecule has 3 rings (SSSR count). The molecule has 21 heavy (non-hydrogen) atoms. The minimum absolute atomic E-state index is 0.0236. The Kier molecular flexibility index (Phi) is 3.94. The van der Waals surface area contributed by atoms with Crippen LogP contribution in [-0.4, -0.2) is 29.8 Å². The molecule has 6 heteroatoms. The van der Waals surface area contributed by atoms with E-state index in [0.29, 0.717) is 21.2 Å². The first-order chi connectivity index (χ1) is 10.1. The van der Waals surface area contributed by atoms with Gasteiger partial charge in [0.1, 0.15) is 0 Å². The largest absolute Gasteiger partial charge is 0.339 e. The quantitative estimate of drug-likeness (QED) is 0.941. The van der Waals surface area contributed by atoms with Crippen LogP contribution < -0.4 is 5.32 Å². The van der Waals surface area contributed by atoms with E-state index in [1.807, 2.05) is 11.4 Å². The van der Waals surface area contributed by atoms with Crippen LogP contribution in [0.15, 0.2) is 35.7 Å². The second-order valence-corrected chi connectivity index (χ2v) is 6.13. The van der Waals surface area contributed by atoms with Crippen LogP contribution in [0.1, 0.15) is 26.5 Å². The highest BCUT2D eigenvalue weighted by molar-refractivity contribution is 7.12. The van der Waals surface area contributed by atoms with Crippen LogP contribution in [-0.2, 0) is 0 Å². The van der Waals surface area contributed by atoms with Gasteiger partial charge in [-0.05, 0) is 36.1 Å². The number of carbonyl (C=O) groups is 2. The lowest BCUT2D eigenvalue weighted by molar-refractivity contribution is 0.0651. The lowest BCUT2D eigenvalue weighted by Crippen LogP contribution is -2.42. The van der Waals surface area contributed by atoms with Gasteiger partial charge < -0.3 is 10.2 Å². The highest BCUT2D eigenvalue weighted by Crippen LogP contribution is 2.25. The van der Waals surface area contributed by atoms with E-state index in [-0.39, 0.29) is 11.8 Å². The molecule has 1 aromatic heterocycles. The van der Waals surface area contributed by atoms with Gasteiger partial charge in [0.05, 0.1) is 15.6 Å². The maximum Gasteiger partial charge on any atom is 0.265 e. The van der Waals surface area contributed by atoms with Crippen molar-refractivity contribution in [3.8, 4) is 0 Å². The van der Waals surface area contributed by atoms with Crippen LogP contribution in [0.25, 0.3) is 0 Å². The number of amides is 2. The summed E-state index contributed by atoms with van der Waals surface area (Å²) >= 11 is 7.45. The molecule has 4 nitrogen and oxygen atoms in total. The third-order valence-electron chi connectivity index (χ3n) is 3.35. The number of rotatable bonds is 3. The highest BCUT2D eigenvalue weighted by Gasteiger charge is 2.22. The van der Waals surface area contributed by atoms with Gasteiger partial charge >= 0.3 is 0 Å². The molecule has 1 aliphatic rings. The number of hydrogen-bond acceptors (Lipinski definition) is 3. The van der Waals surface area contributed by atoms with E-state index in [1.54, 1.807) is 29.2 Å². The molecule has 0 radical (unpaired) electrons. The zero-order valence-electron chi connectivity index (χ0n) is 11.1. The number of hydrogen-bond donors (Lipinski definition) is 1. The molecular weight excluding hydrogens is 308 g/mol. The maximum atomic E-state index is 12.2.